The quantitative estimate of drug-likeness (QED) is 0.644. The lowest BCUT2D eigenvalue weighted by Crippen LogP contribution is -2.60. The van der Waals surface area contributed by atoms with E-state index in [1.165, 1.54) is 6.92 Å². The molecule has 2 aromatic heterocycles. The number of anilines is 1. The van der Waals surface area contributed by atoms with Crippen LogP contribution < -0.4 is 11.1 Å². The summed E-state index contributed by atoms with van der Waals surface area (Å²) in [6.45, 7) is -1.83. The van der Waals surface area contributed by atoms with Gasteiger partial charge in [0.1, 0.15) is 28.7 Å². The van der Waals surface area contributed by atoms with Crippen LogP contribution in [-0.2, 0) is 10.3 Å². The van der Waals surface area contributed by atoms with Crippen LogP contribution in [0.2, 0.25) is 5.02 Å². The van der Waals surface area contributed by atoms with Gasteiger partial charge < -0.3 is 15.8 Å². The number of carbonyl (C=O) groups excluding carboxylic acids is 1. The fourth-order valence-electron chi connectivity index (χ4n) is 2.80. The number of aliphatic imine (C=N–C) groups is 1. The molecule has 15 heteroatoms. The third kappa shape index (κ3) is 4.11. The van der Waals surface area contributed by atoms with Crippen LogP contribution in [0.3, 0.4) is 0 Å². The van der Waals surface area contributed by atoms with Gasteiger partial charge in [-0.1, -0.05) is 11.6 Å². The van der Waals surface area contributed by atoms with Gasteiger partial charge in [-0.25, -0.2) is 14.1 Å². The Morgan fingerprint density at radius 1 is 1.34 bits per heavy atom. The first-order valence-electron chi connectivity index (χ1n) is 8.75. The zero-order chi connectivity index (χ0) is 24.1. The van der Waals surface area contributed by atoms with Crippen LogP contribution in [0.1, 0.15) is 36.6 Å². The molecule has 32 heavy (non-hydrogen) atoms. The second-order valence-electron chi connectivity index (χ2n) is 7.15. The van der Waals surface area contributed by atoms with Crippen molar-refractivity contribution in [2.24, 2.45) is 10.7 Å². The molecule has 0 unspecified atom stereocenters. The number of hydrogen-bond donors (Lipinski definition) is 2. The normalized spacial score (nSPS) is 23.9. The molecule has 1 aliphatic heterocycles. The van der Waals surface area contributed by atoms with Crippen LogP contribution in [0.4, 0.5) is 32.2 Å². The largest absolute Gasteiger partial charge is 0.424 e. The highest BCUT2D eigenvalue weighted by Gasteiger charge is 2.59. The summed E-state index contributed by atoms with van der Waals surface area (Å²) < 4.78 is 84.8. The smallest absolute Gasteiger partial charge is 0.385 e. The van der Waals surface area contributed by atoms with E-state index in [-0.39, 0.29) is 15.5 Å². The third-order valence-corrected chi connectivity index (χ3v) is 5.02. The van der Waals surface area contributed by atoms with Crippen LogP contribution in [0.25, 0.3) is 0 Å². The maximum absolute atomic E-state index is 14.5. The number of hydrogen-bond acceptors (Lipinski definition) is 6. The fraction of sp³-hybridized carbons (Fsp3) is 0.412. The van der Waals surface area contributed by atoms with E-state index < -0.39 is 59.4 Å². The number of amidine groups is 1. The van der Waals surface area contributed by atoms with Gasteiger partial charge in [0.25, 0.3) is 5.91 Å². The van der Waals surface area contributed by atoms with Gasteiger partial charge in [0.2, 0.25) is 5.60 Å². The van der Waals surface area contributed by atoms with Gasteiger partial charge in [0.15, 0.2) is 5.69 Å². The highest BCUT2D eigenvalue weighted by atomic mass is 35.5. The number of ether oxygens (including phenoxy) is 1. The van der Waals surface area contributed by atoms with Crippen molar-refractivity contribution in [3.8, 4) is 0 Å². The van der Waals surface area contributed by atoms with Crippen molar-refractivity contribution in [2.45, 2.75) is 37.7 Å². The van der Waals surface area contributed by atoms with Gasteiger partial charge in [-0.2, -0.15) is 27.1 Å². The lowest BCUT2D eigenvalue weighted by molar-refractivity contribution is -0.249. The van der Waals surface area contributed by atoms with Crippen molar-refractivity contribution in [1.82, 2.24) is 14.8 Å². The van der Waals surface area contributed by atoms with Gasteiger partial charge in [0, 0.05) is 0 Å². The second kappa shape index (κ2) is 7.92. The fourth-order valence-corrected chi connectivity index (χ4v) is 3.02. The Balaban J connectivity index is 1.92. The highest BCUT2D eigenvalue weighted by Crippen LogP contribution is 2.41. The Hall–Kier alpha value is -2.87. The van der Waals surface area contributed by atoms with Gasteiger partial charge >= 0.3 is 12.7 Å². The highest BCUT2D eigenvalue weighted by molar-refractivity contribution is 6.34. The molecule has 8 nitrogen and oxygen atoms in total. The lowest BCUT2D eigenvalue weighted by Gasteiger charge is -2.40. The third-order valence-electron chi connectivity index (χ3n) is 4.74. The molecule has 3 N–H and O–H groups in total. The molecule has 3 heterocycles. The summed E-state index contributed by atoms with van der Waals surface area (Å²) in [4.78, 5) is 20.0. The molecule has 0 spiro atoms. The number of alkyl halides is 5. The summed E-state index contributed by atoms with van der Waals surface area (Å²) >= 11 is 5.73. The molecule has 1 amide bonds. The van der Waals surface area contributed by atoms with E-state index >= 15 is 0 Å². The van der Waals surface area contributed by atoms with Crippen LogP contribution in [0, 0.1) is 5.82 Å². The number of carbonyl (C=O) groups is 1. The molecule has 0 saturated heterocycles. The Kier molecular flexibility index (Phi) is 5.89. The summed E-state index contributed by atoms with van der Waals surface area (Å²) in [6, 6.07) is 1.92. The average Bonchev–Trinajstić information content (AvgIpc) is 3.08. The number of nitrogens with two attached hydrogens (primary N) is 1. The van der Waals surface area contributed by atoms with Gasteiger partial charge in [-0.15, -0.1) is 0 Å². The van der Waals surface area contributed by atoms with Gasteiger partial charge in [-0.05, 0) is 26.0 Å². The molecule has 0 fully saturated rings. The molecule has 2 atom stereocenters. The average molecular weight is 485 g/mol. The van der Waals surface area contributed by atoms with E-state index in [9.17, 15) is 31.1 Å². The van der Waals surface area contributed by atoms with Crippen molar-refractivity contribution in [2.75, 3.05) is 11.9 Å². The number of rotatable bonds is 4. The summed E-state index contributed by atoms with van der Waals surface area (Å²) in [7, 11) is 0. The summed E-state index contributed by atoms with van der Waals surface area (Å²) in [5.74, 6) is -3.19. The zero-order valence-corrected chi connectivity index (χ0v) is 17.1. The molecule has 2 aromatic rings. The van der Waals surface area contributed by atoms with E-state index in [0.717, 1.165) is 18.3 Å². The first-order chi connectivity index (χ1) is 14.7. The number of aromatic nitrogens is 3. The van der Waals surface area contributed by atoms with Crippen LogP contribution in [0.15, 0.2) is 23.3 Å². The Morgan fingerprint density at radius 2 is 2.00 bits per heavy atom. The number of halogens is 7. The Bertz CT molecular complexity index is 1090. The van der Waals surface area contributed by atoms with Crippen LogP contribution in [-0.4, -0.2) is 44.9 Å². The Labute approximate surface area is 181 Å². The number of pyridine rings is 1. The topological polar surface area (TPSA) is 107 Å². The molecule has 0 bridgehead atoms. The maximum atomic E-state index is 14.5. The van der Waals surface area contributed by atoms with Crippen LogP contribution >= 0.6 is 11.6 Å². The SMILES string of the molecule is C[C@@]1(c2nc(NC(=O)c3nn(C(F)F)cc3Cl)ccc2F)CO[C@@](C)(C(F)(F)F)C(N)=N1. The predicted octanol–water partition coefficient (Wildman–Crippen LogP) is 3.64. The molecule has 0 saturated carbocycles. The summed E-state index contributed by atoms with van der Waals surface area (Å²) in [5.41, 5.74) is -0.135. The number of nitrogens with zero attached hydrogens (tertiary/aromatic N) is 4. The predicted molar refractivity (Wildman–Crippen MR) is 100 cm³/mol. The lowest BCUT2D eigenvalue weighted by atomic mass is 9.93. The van der Waals surface area contributed by atoms with E-state index in [1.54, 1.807) is 0 Å². The van der Waals surface area contributed by atoms with Crippen molar-refractivity contribution in [3.63, 3.8) is 0 Å². The first kappa shape index (κ1) is 23.8. The minimum Gasteiger partial charge on any atom is -0.385 e. The van der Waals surface area contributed by atoms with Gasteiger partial charge in [0.05, 0.1) is 17.8 Å². The minimum atomic E-state index is -4.87. The molecule has 0 aromatic carbocycles. The number of nitrogens with one attached hydrogen (secondary N) is 1. The van der Waals surface area contributed by atoms with E-state index in [1.807, 2.05) is 0 Å². The van der Waals surface area contributed by atoms with Crippen molar-refractivity contribution in [3.05, 3.63) is 40.6 Å². The van der Waals surface area contributed by atoms with Crippen molar-refractivity contribution < 1.29 is 35.9 Å². The molecular weight excluding hydrogens is 470 g/mol. The minimum absolute atomic E-state index is 0.163. The maximum Gasteiger partial charge on any atom is 0.424 e. The first-order valence-corrected chi connectivity index (χ1v) is 9.13. The molecule has 0 radical (unpaired) electrons. The monoisotopic (exact) mass is 484 g/mol. The Morgan fingerprint density at radius 3 is 2.53 bits per heavy atom. The molecule has 0 aliphatic carbocycles. The zero-order valence-electron chi connectivity index (χ0n) is 16.3. The van der Waals surface area contributed by atoms with Gasteiger partial charge in [-0.3, -0.25) is 9.79 Å². The van der Waals surface area contributed by atoms with E-state index in [0.29, 0.717) is 6.92 Å². The van der Waals surface area contributed by atoms with E-state index in [4.69, 9.17) is 22.1 Å². The molecule has 3 rings (SSSR count). The van der Waals surface area contributed by atoms with Crippen molar-refractivity contribution in [1.29, 1.82) is 0 Å². The number of amides is 1. The molecule has 1 aliphatic rings. The molecule has 174 valence electrons. The molecular formula is C17H15ClF6N6O2. The summed E-state index contributed by atoms with van der Waals surface area (Å²) in [6.07, 6.45) is -4.13. The standard InChI is InChI=1S/C17H15ClF6N6O2/c1-15(6-32-16(2,13(25)28-15)17(22,23)24)11-8(19)3-4-9(26-11)27-12(31)10-7(18)5-30(29-10)14(20)21/h3-5,14H,6H2,1-2H3,(H2,25,28)(H,26,27,31)/t15-,16+/m0/s1. The summed E-state index contributed by atoms with van der Waals surface area (Å²) in [5, 5.41) is 5.18. The van der Waals surface area contributed by atoms with E-state index in [2.05, 4.69) is 20.4 Å². The van der Waals surface area contributed by atoms with Crippen molar-refractivity contribution >= 4 is 29.2 Å². The van der Waals surface area contributed by atoms with Crippen LogP contribution in [0.5, 0.6) is 0 Å². The second-order valence-corrected chi connectivity index (χ2v) is 7.56.